The summed E-state index contributed by atoms with van der Waals surface area (Å²) >= 11 is 2.13. The van der Waals surface area contributed by atoms with Gasteiger partial charge in [-0.3, -0.25) is 9.80 Å². The lowest BCUT2D eigenvalue weighted by Gasteiger charge is -2.41. The van der Waals surface area contributed by atoms with E-state index in [0.29, 0.717) is 0 Å². The van der Waals surface area contributed by atoms with Crippen LogP contribution in [0.25, 0.3) is 0 Å². The van der Waals surface area contributed by atoms with Crippen molar-refractivity contribution in [2.45, 2.75) is 68.7 Å². The summed E-state index contributed by atoms with van der Waals surface area (Å²) in [5, 5.41) is 0.906. The molecule has 1 aliphatic carbocycles. The van der Waals surface area contributed by atoms with E-state index in [-0.39, 0.29) is 0 Å². The molecule has 0 spiro atoms. The van der Waals surface area contributed by atoms with Gasteiger partial charge in [-0.05, 0) is 58.0 Å². The van der Waals surface area contributed by atoms with Gasteiger partial charge < -0.3 is 0 Å². The van der Waals surface area contributed by atoms with Crippen molar-refractivity contribution in [3.8, 4) is 0 Å². The number of fused-ring (bicyclic) bond motifs is 1. The van der Waals surface area contributed by atoms with Crippen molar-refractivity contribution in [1.82, 2.24) is 9.80 Å². The third kappa shape index (κ3) is 3.30. The first kappa shape index (κ1) is 14.2. The van der Waals surface area contributed by atoms with Gasteiger partial charge in [-0.2, -0.15) is 11.8 Å². The number of piperidine rings is 1. The van der Waals surface area contributed by atoms with Crippen LogP contribution >= 0.6 is 11.8 Å². The Bertz CT molecular complexity index is 284. The minimum absolute atomic E-state index is 0.876. The van der Waals surface area contributed by atoms with E-state index >= 15 is 0 Å². The van der Waals surface area contributed by atoms with Crippen LogP contribution in [0.3, 0.4) is 0 Å². The molecule has 2 nitrogen and oxygen atoms in total. The zero-order valence-corrected chi connectivity index (χ0v) is 13.3. The highest BCUT2D eigenvalue weighted by Crippen LogP contribution is 2.32. The van der Waals surface area contributed by atoms with Gasteiger partial charge in [-0.1, -0.05) is 19.3 Å². The van der Waals surface area contributed by atoms with Crippen molar-refractivity contribution in [1.29, 1.82) is 0 Å². The first-order chi connectivity index (χ1) is 9.38. The molecule has 3 atom stereocenters. The Morgan fingerprint density at radius 1 is 0.789 bits per heavy atom. The Kier molecular flexibility index (Phi) is 5.10. The summed E-state index contributed by atoms with van der Waals surface area (Å²) in [4.78, 5) is 5.68. The van der Waals surface area contributed by atoms with E-state index in [1.54, 1.807) is 0 Å². The van der Waals surface area contributed by atoms with Crippen LogP contribution < -0.4 is 0 Å². The van der Waals surface area contributed by atoms with E-state index < -0.39 is 0 Å². The van der Waals surface area contributed by atoms with E-state index in [2.05, 4.69) is 27.8 Å². The summed E-state index contributed by atoms with van der Waals surface area (Å²) < 4.78 is 0. The van der Waals surface area contributed by atoms with Gasteiger partial charge in [0.2, 0.25) is 0 Å². The SMILES string of the molecule is CSC1CCCCC1N1CCCN2CCCCC2C1. The molecule has 0 aromatic heterocycles. The second kappa shape index (κ2) is 6.82. The molecule has 110 valence electrons. The van der Waals surface area contributed by atoms with Gasteiger partial charge in [0.1, 0.15) is 0 Å². The predicted molar refractivity (Wildman–Crippen MR) is 85.0 cm³/mol. The van der Waals surface area contributed by atoms with Gasteiger partial charge in [0, 0.05) is 23.9 Å². The molecule has 0 N–H and O–H groups in total. The van der Waals surface area contributed by atoms with Gasteiger partial charge in [0.25, 0.3) is 0 Å². The van der Waals surface area contributed by atoms with Crippen LogP contribution in [-0.4, -0.2) is 59.6 Å². The fourth-order valence-corrected chi connectivity index (χ4v) is 5.50. The smallest absolute Gasteiger partial charge is 0.0223 e. The Hall–Kier alpha value is 0.270. The lowest BCUT2D eigenvalue weighted by molar-refractivity contribution is 0.108. The number of hydrogen-bond acceptors (Lipinski definition) is 3. The molecule has 0 amide bonds. The zero-order valence-electron chi connectivity index (χ0n) is 12.5. The molecule has 1 saturated carbocycles. The quantitative estimate of drug-likeness (QED) is 0.768. The van der Waals surface area contributed by atoms with Crippen molar-refractivity contribution in [3.63, 3.8) is 0 Å². The molecular weight excluding hydrogens is 252 g/mol. The molecule has 3 aliphatic rings. The topological polar surface area (TPSA) is 6.48 Å². The Morgan fingerprint density at radius 3 is 2.42 bits per heavy atom. The highest BCUT2D eigenvalue weighted by atomic mass is 32.2. The third-order valence-electron chi connectivity index (χ3n) is 5.52. The summed E-state index contributed by atoms with van der Waals surface area (Å²) in [6, 6.07) is 1.76. The first-order valence-corrected chi connectivity index (χ1v) is 9.68. The first-order valence-electron chi connectivity index (χ1n) is 8.39. The van der Waals surface area contributed by atoms with Crippen LogP contribution in [0.4, 0.5) is 0 Å². The summed E-state index contributed by atoms with van der Waals surface area (Å²) in [5.74, 6) is 0. The standard InChI is InChI=1S/C16H30N2S/c1-19-16-9-3-2-8-15(16)18-12-6-11-17-10-5-4-7-14(17)13-18/h14-16H,2-13H2,1H3. The monoisotopic (exact) mass is 282 g/mol. The van der Waals surface area contributed by atoms with Gasteiger partial charge in [-0.25, -0.2) is 0 Å². The summed E-state index contributed by atoms with van der Waals surface area (Å²) in [5.41, 5.74) is 0. The lowest BCUT2D eigenvalue weighted by atomic mass is 9.92. The van der Waals surface area contributed by atoms with Gasteiger partial charge in [0.05, 0.1) is 0 Å². The van der Waals surface area contributed by atoms with Crippen molar-refractivity contribution in [2.75, 3.05) is 32.4 Å². The van der Waals surface area contributed by atoms with E-state index in [1.807, 2.05) is 0 Å². The minimum Gasteiger partial charge on any atom is -0.299 e. The Labute approximate surface area is 123 Å². The molecule has 3 unspecified atom stereocenters. The van der Waals surface area contributed by atoms with Crippen molar-refractivity contribution in [2.24, 2.45) is 0 Å². The largest absolute Gasteiger partial charge is 0.299 e. The molecule has 2 saturated heterocycles. The van der Waals surface area contributed by atoms with Crippen LogP contribution in [0, 0.1) is 0 Å². The number of nitrogens with zero attached hydrogens (tertiary/aromatic N) is 2. The Morgan fingerprint density at radius 2 is 1.53 bits per heavy atom. The highest BCUT2D eigenvalue weighted by Gasteiger charge is 2.34. The molecule has 19 heavy (non-hydrogen) atoms. The average molecular weight is 282 g/mol. The van der Waals surface area contributed by atoms with Crippen molar-refractivity contribution in [3.05, 3.63) is 0 Å². The van der Waals surface area contributed by atoms with Crippen LogP contribution in [0.15, 0.2) is 0 Å². The van der Waals surface area contributed by atoms with Crippen LogP contribution in [0.1, 0.15) is 51.4 Å². The molecular formula is C16H30N2S. The van der Waals surface area contributed by atoms with E-state index in [0.717, 1.165) is 17.3 Å². The normalized spacial score (nSPS) is 38.7. The summed E-state index contributed by atoms with van der Waals surface area (Å²) in [6.45, 7) is 5.45. The predicted octanol–water partition coefficient (Wildman–Crippen LogP) is 3.22. The van der Waals surface area contributed by atoms with Crippen molar-refractivity contribution >= 4 is 11.8 Å². The second-order valence-corrected chi connectivity index (χ2v) is 7.74. The van der Waals surface area contributed by atoms with E-state index in [4.69, 9.17) is 0 Å². The molecule has 2 heterocycles. The summed E-state index contributed by atoms with van der Waals surface area (Å²) in [7, 11) is 0. The average Bonchev–Trinajstić information content (AvgIpc) is 2.69. The molecule has 0 radical (unpaired) electrons. The number of thioether (sulfide) groups is 1. The van der Waals surface area contributed by atoms with Gasteiger partial charge >= 0.3 is 0 Å². The van der Waals surface area contributed by atoms with Gasteiger partial charge in [0.15, 0.2) is 0 Å². The molecule has 0 aromatic rings. The van der Waals surface area contributed by atoms with Crippen LogP contribution in [0.5, 0.6) is 0 Å². The zero-order chi connectivity index (χ0) is 13.1. The third-order valence-corrected chi connectivity index (χ3v) is 6.68. The molecule has 0 aromatic carbocycles. The molecule has 0 bridgehead atoms. The van der Waals surface area contributed by atoms with Gasteiger partial charge in [-0.15, -0.1) is 0 Å². The van der Waals surface area contributed by atoms with E-state index in [1.165, 1.54) is 77.5 Å². The molecule has 3 fully saturated rings. The molecule has 3 heteroatoms. The van der Waals surface area contributed by atoms with E-state index in [9.17, 15) is 0 Å². The highest BCUT2D eigenvalue weighted by molar-refractivity contribution is 7.99. The molecule has 3 rings (SSSR count). The maximum atomic E-state index is 2.89. The Balaban J connectivity index is 1.65. The van der Waals surface area contributed by atoms with Crippen LogP contribution in [-0.2, 0) is 0 Å². The summed E-state index contributed by atoms with van der Waals surface area (Å²) in [6.07, 6.45) is 13.9. The van der Waals surface area contributed by atoms with Crippen LogP contribution in [0.2, 0.25) is 0 Å². The number of rotatable bonds is 2. The second-order valence-electron chi connectivity index (χ2n) is 6.66. The minimum atomic E-state index is 0.876. The lowest BCUT2D eigenvalue weighted by Crippen LogP contribution is -2.49. The van der Waals surface area contributed by atoms with Crippen molar-refractivity contribution < 1.29 is 0 Å². The maximum absolute atomic E-state index is 2.89. The fourth-order valence-electron chi connectivity index (χ4n) is 4.47. The fraction of sp³-hybridized carbons (Fsp3) is 1.00. The maximum Gasteiger partial charge on any atom is 0.0223 e. The molecule has 2 aliphatic heterocycles. The number of hydrogen-bond donors (Lipinski definition) is 0.